The molecule has 4 rings (SSSR count). The molecule has 41 heavy (non-hydrogen) atoms. The number of esters is 1. The smallest absolute Gasteiger partial charge is 0.407 e. The van der Waals surface area contributed by atoms with Gasteiger partial charge < -0.3 is 29.4 Å². The van der Waals surface area contributed by atoms with E-state index in [0.717, 1.165) is 41.6 Å². The van der Waals surface area contributed by atoms with E-state index in [4.69, 9.17) is 18.9 Å². The quantitative estimate of drug-likeness (QED) is 0.308. The van der Waals surface area contributed by atoms with E-state index in [2.05, 4.69) is 16.8 Å². The molecule has 2 heterocycles. The standard InChI is InChI=1S/C32H42N2O7/c1-5-17-38-31(37)33-19-22-8-14-25(15-9-22)30-39-26(18-28(40-30)24-12-10-23(21-35)11-13-24)20-34-16-6-7-27(34)29(36)41-32(2,3)4/h5,8-15,26-28,30,35H,1,6-7,16-21H2,2-4H3,(H,33,37)/t26-,27+,28+,30+/m1/s1. The van der Waals surface area contributed by atoms with Gasteiger partial charge >= 0.3 is 12.1 Å². The zero-order chi connectivity index (χ0) is 29.4. The average molecular weight is 567 g/mol. The number of likely N-dealkylation sites (tertiary alicyclic amines) is 1. The van der Waals surface area contributed by atoms with Crippen LogP contribution in [0.5, 0.6) is 0 Å². The van der Waals surface area contributed by atoms with Gasteiger partial charge in [0.25, 0.3) is 0 Å². The highest BCUT2D eigenvalue weighted by molar-refractivity contribution is 5.76. The number of carbonyl (C=O) groups is 2. The zero-order valence-electron chi connectivity index (χ0n) is 24.2. The number of hydrogen-bond acceptors (Lipinski definition) is 8. The first-order valence-electron chi connectivity index (χ1n) is 14.2. The molecule has 0 aromatic heterocycles. The van der Waals surface area contributed by atoms with Crippen LogP contribution in [0.3, 0.4) is 0 Å². The van der Waals surface area contributed by atoms with E-state index in [9.17, 15) is 14.7 Å². The zero-order valence-corrected chi connectivity index (χ0v) is 24.2. The van der Waals surface area contributed by atoms with Gasteiger partial charge in [0, 0.05) is 25.1 Å². The van der Waals surface area contributed by atoms with Crippen molar-refractivity contribution < 1.29 is 33.6 Å². The lowest BCUT2D eigenvalue weighted by Gasteiger charge is -2.38. The minimum Gasteiger partial charge on any atom is -0.459 e. The highest BCUT2D eigenvalue weighted by Crippen LogP contribution is 2.39. The molecule has 0 radical (unpaired) electrons. The fraction of sp³-hybridized carbons (Fsp3) is 0.500. The van der Waals surface area contributed by atoms with Gasteiger partial charge in [0.1, 0.15) is 18.2 Å². The van der Waals surface area contributed by atoms with Crippen molar-refractivity contribution in [1.82, 2.24) is 10.2 Å². The molecule has 4 atom stereocenters. The second-order valence-corrected chi connectivity index (χ2v) is 11.5. The highest BCUT2D eigenvalue weighted by atomic mass is 16.7. The Morgan fingerprint density at radius 3 is 2.41 bits per heavy atom. The van der Waals surface area contributed by atoms with Crippen LogP contribution < -0.4 is 5.32 Å². The molecule has 9 nitrogen and oxygen atoms in total. The van der Waals surface area contributed by atoms with Gasteiger partial charge in [0.05, 0.1) is 18.8 Å². The summed E-state index contributed by atoms with van der Waals surface area (Å²) in [5, 5.41) is 12.2. The van der Waals surface area contributed by atoms with Crippen LogP contribution in [-0.4, -0.2) is 59.5 Å². The molecule has 2 fully saturated rings. The summed E-state index contributed by atoms with van der Waals surface area (Å²) in [7, 11) is 0. The van der Waals surface area contributed by atoms with Gasteiger partial charge in [-0.3, -0.25) is 9.69 Å². The molecule has 2 aliphatic rings. The van der Waals surface area contributed by atoms with Crippen LogP contribution in [0.4, 0.5) is 4.79 Å². The summed E-state index contributed by atoms with van der Waals surface area (Å²) in [6.07, 6.45) is 2.32. The van der Waals surface area contributed by atoms with Crippen LogP contribution in [0.15, 0.2) is 61.2 Å². The van der Waals surface area contributed by atoms with Crippen LogP contribution in [0, 0.1) is 0 Å². The predicted molar refractivity (Wildman–Crippen MR) is 154 cm³/mol. The molecule has 0 unspecified atom stereocenters. The van der Waals surface area contributed by atoms with Crippen molar-refractivity contribution in [3.8, 4) is 0 Å². The van der Waals surface area contributed by atoms with E-state index in [-0.39, 0.29) is 37.4 Å². The van der Waals surface area contributed by atoms with E-state index in [0.29, 0.717) is 19.5 Å². The molecule has 0 aliphatic carbocycles. The largest absolute Gasteiger partial charge is 0.459 e. The van der Waals surface area contributed by atoms with Crippen molar-refractivity contribution in [1.29, 1.82) is 0 Å². The van der Waals surface area contributed by atoms with Crippen LogP contribution in [0.2, 0.25) is 0 Å². The van der Waals surface area contributed by atoms with E-state index in [1.165, 1.54) is 6.08 Å². The number of nitrogens with zero attached hydrogens (tertiary/aromatic N) is 1. The maximum Gasteiger partial charge on any atom is 0.407 e. The van der Waals surface area contributed by atoms with Crippen molar-refractivity contribution in [2.24, 2.45) is 0 Å². The summed E-state index contributed by atoms with van der Waals surface area (Å²) in [6, 6.07) is 15.2. The Morgan fingerprint density at radius 1 is 1.07 bits per heavy atom. The van der Waals surface area contributed by atoms with Crippen molar-refractivity contribution >= 4 is 12.1 Å². The third-order valence-corrected chi connectivity index (χ3v) is 7.12. The molecule has 0 bridgehead atoms. The predicted octanol–water partition coefficient (Wildman–Crippen LogP) is 4.94. The van der Waals surface area contributed by atoms with Gasteiger partial charge in [-0.25, -0.2) is 4.79 Å². The second kappa shape index (κ2) is 14.1. The number of ether oxygens (including phenoxy) is 4. The van der Waals surface area contributed by atoms with Crippen molar-refractivity contribution in [2.75, 3.05) is 19.7 Å². The van der Waals surface area contributed by atoms with E-state index in [1.807, 2.05) is 69.3 Å². The Morgan fingerprint density at radius 2 is 1.76 bits per heavy atom. The van der Waals surface area contributed by atoms with Gasteiger partial charge in [-0.1, -0.05) is 61.2 Å². The minimum absolute atomic E-state index is 0.0195. The summed E-state index contributed by atoms with van der Waals surface area (Å²) < 4.78 is 23.6. The number of rotatable bonds is 10. The van der Waals surface area contributed by atoms with E-state index in [1.54, 1.807) is 0 Å². The Balaban J connectivity index is 1.47. The first kappa shape index (κ1) is 30.7. The van der Waals surface area contributed by atoms with Gasteiger partial charge in [-0.15, -0.1) is 0 Å². The lowest BCUT2D eigenvalue weighted by Crippen LogP contribution is -2.45. The molecule has 2 aromatic carbocycles. The maximum atomic E-state index is 12.9. The van der Waals surface area contributed by atoms with Crippen molar-refractivity contribution in [3.63, 3.8) is 0 Å². The molecule has 1 amide bonds. The highest BCUT2D eigenvalue weighted by Gasteiger charge is 2.38. The summed E-state index contributed by atoms with van der Waals surface area (Å²) >= 11 is 0. The first-order chi connectivity index (χ1) is 19.6. The first-order valence-corrected chi connectivity index (χ1v) is 14.2. The summed E-state index contributed by atoms with van der Waals surface area (Å²) in [5.41, 5.74) is 3.07. The summed E-state index contributed by atoms with van der Waals surface area (Å²) in [5.74, 6) is -0.188. The van der Waals surface area contributed by atoms with Gasteiger partial charge in [0.15, 0.2) is 6.29 Å². The number of nitrogens with one attached hydrogen (secondary N) is 1. The molecule has 2 N–H and O–H groups in total. The van der Waals surface area contributed by atoms with Crippen LogP contribution in [0.1, 0.15) is 74.7 Å². The molecule has 2 saturated heterocycles. The van der Waals surface area contributed by atoms with Gasteiger partial charge in [-0.2, -0.15) is 0 Å². The normalized spacial score (nSPS) is 23.1. The summed E-state index contributed by atoms with van der Waals surface area (Å²) in [6.45, 7) is 11.1. The third-order valence-electron chi connectivity index (χ3n) is 7.12. The molecule has 2 aromatic rings. The Bertz CT molecular complexity index is 1160. The lowest BCUT2D eigenvalue weighted by atomic mass is 9.99. The molecular weight excluding hydrogens is 524 g/mol. The Kier molecular flexibility index (Phi) is 10.6. The SMILES string of the molecule is C=CCOC(=O)NCc1ccc([C@H]2O[C@@H](CN3CCC[C@H]3C(=O)OC(C)(C)C)C[C@@H](c3ccc(CO)cc3)O2)cc1. The number of amides is 1. The van der Waals surface area contributed by atoms with Crippen LogP contribution in [0.25, 0.3) is 0 Å². The van der Waals surface area contributed by atoms with Crippen LogP contribution >= 0.6 is 0 Å². The van der Waals surface area contributed by atoms with Gasteiger partial charge in [-0.05, 0) is 56.8 Å². The topological polar surface area (TPSA) is 107 Å². The Hall–Kier alpha value is -3.24. The number of aliphatic hydroxyl groups is 1. The third kappa shape index (κ3) is 8.87. The monoisotopic (exact) mass is 566 g/mol. The lowest BCUT2D eigenvalue weighted by molar-refractivity contribution is -0.253. The molecular formula is C32H42N2O7. The maximum absolute atomic E-state index is 12.9. The van der Waals surface area contributed by atoms with Gasteiger partial charge in [0.2, 0.25) is 0 Å². The fourth-order valence-electron chi connectivity index (χ4n) is 5.13. The number of hydrogen-bond donors (Lipinski definition) is 2. The molecule has 0 saturated carbocycles. The second-order valence-electron chi connectivity index (χ2n) is 11.5. The van der Waals surface area contributed by atoms with E-state index >= 15 is 0 Å². The van der Waals surface area contributed by atoms with E-state index < -0.39 is 18.0 Å². The average Bonchev–Trinajstić information content (AvgIpc) is 3.42. The molecule has 222 valence electrons. The van der Waals surface area contributed by atoms with Crippen molar-refractivity contribution in [2.45, 2.75) is 83.3 Å². The fourth-order valence-corrected chi connectivity index (χ4v) is 5.13. The summed E-state index contributed by atoms with van der Waals surface area (Å²) in [4.78, 5) is 26.9. The van der Waals surface area contributed by atoms with Crippen LogP contribution in [-0.2, 0) is 36.9 Å². The number of carbonyl (C=O) groups excluding carboxylic acids is 2. The number of benzene rings is 2. The molecule has 0 spiro atoms. The number of aliphatic hydroxyl groups excluding tert-OH is 1. The van der Waals surface area contributed by atoms with Crippen molar-refractivity contribution in [3.05, 3.63) is 83.4 Å². The minimum atomic E-state index is -0.613. The molecule has 2 aliphatic heterocycles. The molecule has 9 heteroatoms. The Labute approximate surface area is 242 Å². The number of alkyl carbamates (subject to hydrolysis) is 1.